The summed E-state index contributed by atoms with van der Waals surface area (Å²) in [5.41, 5.74) is 0. The van der Waals surface area contributed by atoms with Gasteiger partial charge in [-0.15, -0.1) is 0 Å². The van der Waals surface area contributed by atoms with Crippen LogP contribution in [0.3, 0.4) is 0 Å². The molecule has 11 heavy (non-hydrogen) atoms. The van der Waals surface area contributed by atoms with Crippen molar-refractivity contribution in [1.29, 1.82) is 0 Å². The highest BCUT2D eigenvalue weighted by Gasteiger charge is 2.32. The highest BCUT2D eigenvalue weighted by atomic mass is 32.3. The van der Waals surface area contributed by atoms with E-state index >= 15 is 0 Å². The van der Waals surface area contributed by atoms with Crippen LogP contribution in [0.4, 0.5) is 7.77 Å². The molecule has 0 fully saturated rings. The monoisotopic (exact) mass is 209 g/mol. The fraction of sp³-hybridized carbons (Fsp3) is 1.00. The maximum atomic E-state index is 11.8. The molecule has 0 saturated carbocycles. The molecule has 0 atom stereocenters. The highest BCUT2D eigenvalue weighted by Crippen LogP contribution is 2.10. The van der Waals surface area contributed by atoms with Crippen molar-refractivity contribution in [3.63, 3.8) is 0 Å². The van der Waals surface area contributed by atoms with Crippen molar-refractivity contribution in [3.05, 3.63) is 0 Å². The third-order valence-corrected chi connectivity index (χ3v) is 3.30. The molecule has 0 N–H and O–H groups in total. The third kappa shape index (κ3) is 3.08. The molecule has 0 aromatic carbocycles. The molecule has 68 valence electrons. The summed E-state index contributed by atoms with van der Waals surface area (Å²) in [4.78, 5) is 0. The minimum Gasteiger partial charge on any atom is -0.176 e. The Kier molecular flexibility index (Phi) is 2.91. The van der Waals surface area contributed by atoms with Crippen LogP contribution in [-0.2, 0) is 20.8 Å². The molecule has 0 unspecified atom stereocenters. The lowest BCUT2D eigenvalue weighted by atomic mass is 10.8. The lowest BCUT2D eigenvalue weighted by Crippen LogP contribution is -2.31. The van der Waals surface area contributed by atoms with E-state index in [1.54, 1.807) is 0 Å². The number of halogens is 2. The van der Waals surface area contributed by atoms with E-state index in [1.807, 2.05) is 0 Å². The van der Waals surface area contributed by atoms with Crippen LogP contribution < -0.4 is 0 Å². The van der Waals surface area contributed by atoms with Crippen molar-refractivity contribution in [2.24, 2.45) is 0 Å². The van der Waals surface area contributed by atoms with Gasteiger partial charge in [-0.3, -0.25) is 0 Å². The molecule has 0 saturated heterocycles. The maximum Gasteiger partial charge on any atom is 0.390 e. The smallest absolute Gasteiger partial charge is 0.176 e. The topological polar surface area (TPSA) is 71.5 Å². The van der Waals surface area contributed by atoms with E-state index in [0.717, 1.165) is 6.92 Å². The average molecular weight is 209 g/mol. The fourth-order valence-corrected chi connectivity index (χ4v) is 1.88. The predicted molar refractivity (Wildman–Crippen MR) is 32.4 cm³/mol. The molecule has 0 spiro atoms. The Hall–Kier alpha value is -0.280. The van der Waals surface area contributed by atoms with Crippen molar-refractivity contribution in [2.45, 2.75) is 6.92 Å². The molecule has 0 aromatic rings. The molecule has 5 nitrogen and oxygen atoms in total. The van der Waals surface area contributed by atoms with Crippen molar-refractivity contribution >= 4 is 20.8 Å². The van der Waals surface area contributed by atoms with Gasteiger partial charge in [0, 0.05) is 6.54 Å². The van der Waals surface area contributed by atoms with Crippen LogP contribution >= 0.6 is 0 Å². The van der Waals surface area contributed by atoms with Crippen molar-refractivity contribution in [2.75, 3.05) is 6.54 Å². The van der Waals surface area contributed by atoms with E-state index in [-0.39, 0.29) is 0 Å². The maximum absolute atomic E-state index is 11.8. The minimum absolute atomic E-state index is 0.808. The Morgan fingerprint density at radius 2 is 1.36 bits per heavy atom. The first kappa shape index (κ1) is 10.7. The molecule has 0 radical (unpaired) electrons. The molecule has 0 aliphatic carbocycles. The second-order valence-corrected chi connectivity index (χ2v) is 4.23. The van der Waals surface area contributed by atoms with E-state index in [0.29, 0.717) is 0 Å². The Morgan fingerprint density at radius 1 is 1.09 bits per heavy atom. The van der Waals surface area contributed by atoms with Gasteiger partial charge in [0.25, 0.3) is 0 Å². The van der Waals surface area contributed by atoms with E-state index in [2.05, 4.69) is 0 Å². The quantitative estimate of drug-likeness (QED) is 0.600. The number of hydrogen-bond acceptors (Lipinski definition) is 4. The first-order chi connectivity index (χ1) is 4.69. The molecular formula is C2H5F2NO4S2. The molecule has 0 aliphatic heterocycles. The lowest BCUT2D eigenvalue weighted by molar-refractivity contribution is 0.451. The molecule has 0 amide bonds. The summed E-state index contributed by atoms with van der Waals surface area (Å²) < 4.78 is 62.2. The highest BCUT2D eigenvalue weighted by molar-refractivity contribution is 7.99. The minimum atomic E-state index is -5.50. The Labute approximate surface area is 63.3 Å². The molecular weight excluding hydrogens is 204 g/mol. The van der Waals surface area contributed by atoms with E-state index in [4.69, 9.17) is 0 Å². The average Bonchev–Trinajstić information content (AvgIpc) is 1.56. The zero-order valence-corrected chi connectivity index (χ0v) is 6.99. The van der Waals surface area contributed by atoms with Crippen molar-refractivity contribution < 1.29 is 24.6 Å². The van der Waals surface area contributed by atoms with Gasteiger partial charge in [-0.2, -0.15) is 16.8 Å². The molecule has 0 bridgehead atoms. The summed E-state index contributed by atoms with van der Waals surface area (Å²) in [6, 6.07) is 0. The van der Waals surface area contributed by atoms with Gasteiger partial charge in [-0.05, 0) is 10.6 Å². The molecule has 0 heterocycles. The van der Waals surface area contributed by atoms with Gasteiger partial charge >= 0.3 is 20.8 Å². The summed E-state index contributed by atoms with van der Waals surface area (Å²) in [7, 11) is -11.0. The summed E-state index contributed by atoms with van der Waals surface area (Å²) in [5, 5.41) is 0. The number of hydrogen-bond donors (Lipinski definition) is 0. The normalized spacial score (nSPS) is 13.8. The summed E-state index contributed by atoms with van der Waals surface area (Å²) >= 11 is 0. The Balaban J connectivity index is 5.05. The lowest BCUT2D eigenvalue weighted by Gasteiger charge is -2.07. The van der Waals surface area contributed by atoms with E-state index in [9.17, 15) is 24.6 Å². The Morgan fingerprint density at radius 3 is 1.36 bits per heavy atom. The van der Waals surface area contributed by atoms with Gasteiger partial charge in [0.05, 0.1) is 0 Å². The van der Waals surface area contributed by atoms with Gasteiger partial charge in [0.1, 0.15) is 0 Å². The third-order valence-electron chi connectivity index (χ3n) is 0.745. The number of nitrogens with zero attached hydrogens (tertiary/aromatic N) is 1. The van der Waals surface area contributed by atoms with Crippen LogP contribution in [0.2, 0.25) is 0 Å². The molecule has 0 aromatic heterocycles. The van der Waals surface area contributed by atoms with Gasteiger partial charge in [0.15, 0.2) is 0 Å². The zero-order chi connectivity index (χ0) is 9.28. The first-order valence-electron chi connectivity index (χ1n) is 2.36. The second-order valence-electron chi connectivity index (χ2n) is 1.47. The molecule has 0 aliphatic rings. The predicted octanol–water partition coefficient (Wildman–Crippen LogP) is -0.263. The van der Waals surface area contributed by atoms with Gasteiger partial charge in [0.2, 0.25) is 0 Å². The van der Waals surface area contributed by atoms with Crippen LogP contribution in [0.5, 0.6) is 0 Å². The van der Waals surface area contributed by atoms with Gasteiger partial charge in [-0.1, -0.05) is 7.77 Å². The SMILES string of the molecule is CCN(S(=O)(=O)F)S(=O)(=O)F. The standard InChI is InChI=1S/C2H5F2NO4S2/c1-2-5(10(3,6)7)11(4,8)9/h2H2,1H3. The van der Waals surface area contributed by atoms with Gasteiger partial charge in [-0.25, -0.2) is 0 Å². The first-order valence-corrected chi connectivity index (χ1v) is 5.04. The van der Waals surface area contributed by atoms with Crippen LogP contribution in [0.25, 0.3) is 0 Å². The second kappa shape index (κ2) is 2.99. The summed E-state index contributed by atoms with van der Waals surface area (Å²) in [6.45, 7) is 0.173. The largest absolute Gasteiger partial charge is 0.390 e. The van der Waals surface area contributed by atoms with E-state index in [1.165, 1.54) is 0 Å². The van der Waals surface area contributed by atoms with E-state index < -0.39 is 31.1 Å². The summed E-state index contributed by atoms with van der Waals surface area (Å²) in [5.74, 6) is 0. The zero-order valence-electron chi connectivity index (χ0n) is 5.36. The van der Waals surface area contributed by atoms with Crippen LogP contribution in [0.15, 0.2) is 0 Å². The van der Waals surface area contributed by atoms with Crippen LogP contribution in [-0.4, -0.2) is 27.1 Å². The van der Waals surface area contributed by atoms with Gasteiger partial charge < -0.3 is 0 Å². The Bertz CT molecular complexity index is 286. The fourth-order valence-electron chi connectivity index (χ4n) is 0.415. The van der Waals surface area contributed by atoms with Crippen molar-refractivity contribution in [1.82, 2.24) is 3.71 Å². The van der Waals surface area contributed by atoms with Crippen LogP contribution in [0, 0.1) is 0 Å². The molecule has 0 rings (SSSR count). The molecule has 9 heteroatoms. The summed E-state index contributed by atoms with van der Waals surface area (Å²) in [6.07, 6.45) is 0. The van der Waals surface area contributed by atoms with Crippen molar-refractivity contribution in [3.8, 4) is 0 Å². The van der Waals surface area contributed by atoms with Crippen LogP contribution in [0.1, 0.15) is 6.92 Å². The number of rotatable bonds is 3.